The molecule has 4 aromatic rings. The van der Waals surface area contributed by atoms with Crippen molar-refractivity contribution >= 4 is 40.7 Å². The molecule has 9 nitrogen and oxygen atoms in total. The number of carbonyl (C=O) groups is 1. The van der Waals surface area contributed by atoms with E-state index in [2.05, 4.69) is 0 Å². The van der Waals surface area contributed by atoms with Crippen molar-refractivity contribution in [3.05, 3.63) is 108 Å². The molecule has 0 saturated heterocycles. The average molecular weight is 635 g/mol. The summed E-state index contributed by atoms with van der Waals surface area (Å²) < 4.78 is 29.6. The molecule has 0 radical (unpaired) electrons. The summed E-state index contributed by atoms with van der Waals surface area (Å²) in [4.78, 5) is 33.2. The van der Waals surface area contributed by atoms with Gasteiger partial charge in [0, 0.05) is 5.56 Å². The number of ether oxygens (including phenoxy) is 5. The van der Waals surface area contributed by atoms with E-state index in [0.717, 1.165) is 0 Å². The van der Waals surface area contributed by atoms with E-state index in [1.807, 2.05) is 37.3 Å². The second-order valence-corrected chi connectivity index (χ2v) is 10.9. The Hall–Kier alpha value is -4.54. The Morgan fingerprint density at radius 3 is 2.34 bits per heavy atom. The number of benzene rings is 3. The maximum Gasteiger partial charge on any atom is 0.338 e. The molecule has 0 amide bonds. The number of fused-ring (bicyclic) bond motifs is 1. The number of aromatic nitrogens is 1. The Kier molecular flexibility index (Phi) is 9.41. The number of nitrogens with zero attached hydrogens (tertiary/aromatic N) is 2. The number of hydrogen-bond acceptors (Lipinski definition) is 9. The molecule has 1 aromatic heterocycles. The molecule has 3 aromatic carbocycles. The lowest BCUT2D eigenvalue weighted by Crippen LogP contribution is -2.40. The summed E-state index contributed by atoms with van der Waals surface area (Å²) in [7, 11) is 4.60. The number of thiazole rings is 1. The highest BCUT2D eigenvalue weighted by Gasteiger charge is 2.35. The molecule has 0 saturated carbocycles. The van der Waals surface area contributed by atoms with E-state index in [0.29, 0.717) is 66.3 Å². The molecule has 44 heavy (non-hydrogen) atoms. The van der Waals surface area contributed by atoms with Crippen LogP contribution >= 0.6 is 22.9 Å². The summed E-state index contributed by atoms with van der Waals surface area (Å²) in [6.07, 6.45) is 1.72. The van der Waals surface area contributed by atoms with Crippen LogP contribution in [0.3, 0.4) is 0 Å². The third kappa shape index (κ3) is 5.82. The minimum atomic E-state index is -0.874. The van der Waals surface area contributed by atoms with Gasteiger partial charge in [-0.2, -0.15) is 0 Å². The number of rotatable bonds is 10. The molecular weight excluding hydrogens is 604 g/mol. The zero-order chi connectivity index (χ0) is 31.4. The van der Waals surface area contributed by atoms with Crippen LogP contribution in [-0.4, -0.2) is 45.1 Å². The first-order valence-electron chi connectivity index (χ1n) is 13.9. The topological polar surface area (TPSA) is 97.6 Å². The number of hydrogen-bond donors (Lipinski definition) is 0. The lowest BCUT2D eigenvalue weighted by Gasteiger charge is -2.26. The summed E-state index contributed by atoms with van der Waals surface area (Å²) >= 11 is 7.73. The van der Waals surface area contributed by atoms with Crippen LogP contribution in [0, 0.1) is 0 Å². The molecule has 5 rings (SSSR count). The van der Waals surface area contributed by atoms with Crippen molar-refractivity contribution in [3.63, 3.8) is 0 Å². The average Bonchev–Trinajstić information content (AvgIpc) is 3.35. The molecule has 0 aliphatic carbocycles. The molecule has 1 atom stereocenters. The summed E-state index contributed by atoms with van der Waals surface area (Å²) in [6.45, 7) is 4.15. The van der Waals surface area contributed by atoms with E-state index >= 15 is 0 Å². The Morgan fingerprint density at radius 2 is 1.68 bits per heavy atom. The third-order valence-corrected chi connectivity index (χ3v) is 8.20. The first-order valence-corrected chi connectivity index (χ1v) is 15.0. The van der Waals surface area contributed by atoms with Gasteiger partial charge in [0.1, 0.15) is 0 Å². The molecule has 0 bridgehead atoms. The van der Waals surface area contributed by atoms with Gasteiger partial charge in [-0.1, -0.05) is 59.3 Å². The van der Waals surface area contributed by atoms with Crippen LogP contribution in [0.4, 0.5) is 0 Å². The second kappa shape index (κ2) is 13.4. The van der Waals surface area contributed by atoms with Gasteiger partial charge in [-0.25, -0.2) is 9.79 Å². The van der Waals surface area contributed by atoms with Crippen LogP contribution in [0.15, 0.2) is 76.0 Å². The molecule has 0 fully saturated rings. The predicted octanol–water partition coefficient (Wildman–Crippen LogP) is 5.01. The molecule has 0 unspecified atom stereocenters. The van der Waals surface area contributed by atoms with Crippen molar-refractivity contribution < 1.29 is 28.5 Å². The van der Waals surface area contributed by atoms with Crippen molar-refractivity contribution in [1.82, 2.24) is 4.57 Å². The molecule has 1 aliphatic heterocycles. The second-order valence-electron chi connectivity index (χ2n) is 9.51. The lowest BCUT2D eigenvalue weighted by molar-refractivity contribution is -0.138. The summed E-state index contributed by atoms with van der Waals surface area (Å²) in [5.41, 5.74) is 2.27. The van der Waals surface area contributed by atoms with Crippen LogP contribution in [0.25, 0.3) is 11.8 Å². The maximum absolute atomic E-state index is 14.2. The van der Waals surface area contributed by atoms with Gasteiger partial charge < -0.3 is 23.7 Å². The molecule has 0 N–H and O–H groups in total. The Morgan fingerprint density at radius 1 is 0.955 bits per heavy atom. The maximum atomic E-state index is 14.2. The lowest BCUT2D eigenvalue weighted by atomic mass is 9.93. The molecule has 11 heteroatoms. The van der Waals surface area contributed by atoms with Crippen molar-refractivity contribution in [3.8, 4) is 23.0 Å². The van der Waals surface area contributed by atoms with Gasteiger partial charge in [0.25, 0.3) is 5.56 Å². The fraction of sp³-hybridized carbons (Fsp3) is 0.242. The molecular formula is C33H31ClN2O7S. The minimum absolute atomic E-state index is 0.147. The van der Waals surface area contributed by atoms with E-state index < -0.39 is 12.0 Å². The molecule has 0 spiro atoms. The quantitative estimate of drug-likeness (QED) is 0.226. The highest BCUT2D eigenvalue weighted by Crippen LogP contribution is 2.39. The summed E-state index contributed by atoms with van der Waals surface area (Å²) in [6, 6.07) is 17.2. The normalized spacial score (nSPS) is 14.5. The molecule has 1 aliphatic rings. The number of esters is 1. The minimum Gasteiger partial charge on any atom is -0.493 e. The van der Waals surface area contributed by atoms with E-state index in [1.165, 1.54) is 30.1 Å². The zero-order valence-electron chi connectivity index (χ0n) is 24.9. The van der Waals surface area contributed by atoms with Crippen LogP contribution in [0.5, 0.6) is 23.0 Å². The van der Waals surface area contributed by atoms with E-state index in [9.17, 15) is 9.59 Å². The largest absolute Gasteiger partial charge is 0.493 e. The van der Waals surface area contributed by atoms with Gasteiger partial charge in [0.05, 0.1) is 61.4 Å². The van der Waals surface area contributed by atoms with Crippen molar-refractivity contribution in [1.29, 1.82) is 0 Å². The zero-order valence-corrected chi connectivity index (χ0v) is 26.5. The van der Waals surface area contributed by atoms with Gasteiger partial charge in [0.2, 0.25) is 0 Å². The van der Waals surface area contributed by atoms with E-state index in [1.54, 1.807) is 50.4 Å². The Labute approximate surface area is 263 Å². The smallest absolute Gasteiger partial charge is 0.338 e. The van der Waals surface area contributed by atoms with Gasteiger partial charge in [0.15, 0.2) is 27.8 Å². The van der Waals surface area contributed by atoms with Crippen LogP contribution in [-0.2, 0) is 9.53 Å². The standard InChI is InChI=1S/C33H31ClN2O7S/c1-6-42-30-22(34)15-19(16-25(30)41-5)17-26-31(37)36-29(21-13-14-23(39-3)24(18-21)40-4)27(32(38)43-7-2)28(35-33(36)44-26)20-11-9-8-10-12-20/h8-18,29H,6-7H2,1-5H3/b26-17-/t29-/m0/s1. The van der Waals surface area contributed by atoms with Gasteiger partial charge in [-0.05, 0) is 55.3 Å². The summed E-state index contributed by atoms with van der Waals surface area (Å²) in [5.74, 6) is 1.25. The highest BCUT2D eigenvalue weighted by atomic mass is 35.5. The monoisotopic (exact) mass is 634 g/mol. The van der Waals surface area contributed by atoms with Gasteiger partial charge in [-0.3, -0.25) is 9.36 Å². The highest BCUT2D eigenvalue weighted by molar-refractivity contribution is 7.07. The number of halogens is 1. The van der Waals surface area contributed by atoms with E-state index in [4.69, 9.17) is 40.3 Å². The van der Waals surface area contributed by atoms with Crippen molar-refractivity contribution in [2.45, 2.75) is 19.9 Å². The third-order valence-electron chi connectivity index (χ3n) is 6.94. The van der Waals surface area contributed by atoms with Crippen LogP contribution in [0.1, 0.15) is 36.6 Å². The molecule has 228 valence electrons. The van der Waals surface area contributed by atoms with Crippen LogP contribution < -0.4 is 33.8 Å². The SMILES string of the molecule is CCOC(=O)C1=C(c2ccccc2)N=c2s/c(=C\c3cc(Cl)c(OCC)c(OC)c3)c(=O)n2[C@H]1c1ccc(OC)c(OC)c1. The summed E-state index contributed by atoms with van der Waals surface area (Å²) in [5, 5.41) is 0.351. The van der Waals surface area contributed by atoms with Crippen molar-refractivity contribution in [2.75, 3.05) is 34.5 Å². The van der Waals surface area contributed by atoms with Crippen LogP contribution in [0.2, 0.25) is 5.02 Å². The predicted molar refractivity (Wildman–Crippen MR) is 170 cm³/mol. The fourth-order valence-electron chi connectivity index (χ4n) is 5.04. The number of methoxy groups -OCH3 is 3. The Bertz CT molecular complexity index is 1910. The van der Waals surface area contributed by atoms with Crippen molar-refractivity contribution in [2.24, 2.45) is 4.99 Å². The first-order chi connectivity index (χ1) is 21.3. The molecule has 2 heterocycles. The van der Waals surface area contributed by atoms with Gasteiger partial charge in [-0.15, -0.1) is 0 Å². The number of carbonyl (C=O) groups excluding carboxylic acids is 1. The fourth-order valence-corrected chi connectivity index (χ4v) is 6.31. The van der Waals surface area contributed by atoms with E-state index in [-0.39, 0.29) is 17.7 Å². The van der Waals surface area contributed by atoms with Gasteiger partial charge >= 0.3 is 5.97 Å². The Balaban J connectivity index is 1.81. The first kappa shape index (κ1) is 30.9.